The van der Waals surface area contributed by atoms with E-state index in [0.717, 1.165) is 41.5 Å². The molecule has 2 heterocycles. The Morgan fingerprint density at radius 1 is 0.849 bits per heavy atom. The molecule has 8 nitrogen and oxygen atoms in total. The van der Waals surface area contributed by atoms with E-state index in [9.17, 15) is 23.2 Å². The largest absolute Gasteiger partial charge is 0.370 e. The highest BCUT2D eigenvalue weighted by molar-refractivity contribution is 7.95. The molecule has 1 unspecified atom stereocenters. The lowest BCUT2D eigenvalue weighted by molar-refractivity contribution is -0.117. The van der Waals surface area contributed by atoms with Crippen molar-refractivity contribution in [3.63, 3.8) is 0 Å². The van der Waals surface area contributed by atoms with Crippen LogP contribution in [-0.4, -0.2) is 30.8 Å². The molecule has 2 aliphatic carbocycles. The van der Waals surface area contributed by atoms with Gasteiger partial charge in [-0.3, -0.25) is 10.0 Å². The molecule has 4 aromatic carbocycles. The second-order valence-electron chi connectivity index (χ2n) is 13.0. The van der Waals surface area contributed by atoms with Crippen LogP contribution in [0.25, 0.3) is 33.2 Å². The minimum atomic E-state index is -3.29. The Bertz CT molecular complexity index is 2430. The van der Waals surface area contributed by atoms with Crippen LogP contribution in [0.3, 0.4) is 0 Å². The summed E-state index contributed by atoms with van der Waals surface area (Å²) in [4.78, 5) is 25.4. The average Bonchev–Trinajstić information content (AvgIpc) is 3.66. The number of amides is 3. The van der Waals surface area contributed by atoms with Crippen LogP contribution in [0.5, 0.6) is 0 Å². The number of aryl methyl sites for hydroxylation is 1. The number of primary amides is 1. The zero-order chi connectivity index (χ0) is 37.1. The Morgan fingerprint density at radius 3 is 2.45 bits per heavy atom. The van der Waals surface area contributed by atoms with Crippen LogP contribution in [0.4, 0.5) is 16.2 Å². The smallest absolute Gasteiger partial charge is 0.350 e. The lowest BCUT2D eigenvalue weighted by Gasteiger charge is -2.26. The van der Waals surface area contributed by atoms with E-state index in [1.54, 1.807) is 47.7 Å². The van der Waals surface area contributed by atoms with Crippen molar-refractivity contribution in [3.8, 4) is 21.6 Å². The molecular formula is C42H36ClN3O5S2. The highest BCUT2D eigenvalue weighted by atomic mass is 35.5. The van der Waals surface area contributed by atoms with Crippen molar-refractivity contribution in [2.24, 2.45) is 5.73 Å². The Hall–Kier alpha value is -5.26. The first-order valence-corrected chi connectivity index (χ1v) is 19.9. The number of fused-ring (bicyclic) bond motifs is 5. The summed E-state index contributed by atoms with van der Waals surface area (Å²) in [5.74, 6) is -0.608. The van der Waals surface area contributed by atoms with Crippen LogP contribution < -0.4 is 16.1 Å². The fourth-order valence-electron chi connectivity index (χ4n) is 6.91. The molecule has 3 amide bonds. The van der Waals surface area contributed by atoms with Crippen LogP contribution in [0.2, 0.25) is 5.02 Å². The van der Waals surface area contributed by atoms with Gasteiger partial charge in [-0.15, -0.1) is 11.3 Å². The summed E-state index contributed by atoms with van der Waals surface area (Å²) < 4.78 is 22.3. The van der Waals surface area contributed by atoms with Gasteiger partial charge in [0, 0.05) is 32.3 Å². The molecule has 53 heavy (non-hydrogen) atoms. The summed E-state index contributed by atoms with van der Waals surface area (Å²) in [5, 5.41) is 14.7. The Kier molecular flexibility index (Phi) is 10.5. The van der Waals surface area contributed by atoms with Crippen molar-refractivity contribution in [3.05, 3.63) is 153 Å². The maximum Gasteiger partial charge on any atom is 0.350 e. The van der Waals surface area contributed by atoms with E-state index in [2.05, 4.69) is 59.9 Å². The van der Waals surface area contributed by atoms with Crippen molar-refractivity contribution < 1.29 is 23.2 Å². The topological polar surface area (TPSA) is 130 Å². The van der Waals surface area contributed by atoms with E-state index in [4.69, 9.17) is 17.3 Å². The zero-order valence-electron chi connectivity index (χ0n) is 28.5. The summed E-state index contributed by atoms with van der Waals surface area (Å²) in [6.45, 7) is 0. The van der Waals surface area contributed by atoms with Gasteiger partial charge in [0.2, 0.25) is 5.91 Å². The predicted octanol–water partition coefficient (Wildman–Crippen LogP) is 9.48. The molecule has 11 heteroatoms. The molecule has 0 saturated carbocycles. The average molecular weight is 762 g/mol. The Labute approximate surface area is 317 Å². The van der Waals surface area contributed by atoms with Crippen molar-refractivity contribution in [2.45, 2.75) is 37.4 Å². The van der Waals surface area contributed by atoms with Crippen molar-refractivity contribution in [1.29, 1.82) is 0 Å². The van der Waals surface area contributed by atoms with Gasteiger partial charge < -0.3 is 11.1 Å². The van der Waals surface area contributed by atoms with Gasteiger partial charge in [0.15, 0.2) is 9.84 Å². The predicted molar refractivity (Wildman–Crippen MR) is 215 cm³/mol. The van der Waals surface area contributed by atoms with Crippen LogP contribution in [0, 0.1) is 0 Å². The number of nitrogens with one attached hydrogen (secondary N) is 1. The minimum Gasteiger partial charge on any atom is -0.370 e. The highest BCUT2D eigenvalue weighted by Gasteiger charge is 2.25. The molecule has 1 atom stereocenters. The molecule has 1 aromatic heterocycles. The highest BCUT2D eigenvalue weighted by Crippen LogP contribution is 2.42. The molecule has 3 aliphatic rings. The Balaban J connectivity index is 0.000000310. The lowest BCUT2D eigenvalue weighted by Crippen LogP contribution is -2.31. The molecule has 1 aliphatic heterocycles. The van der Waals surface area contributed by atoms with Crippen LogP contribution in [0.1, 0.15) is 40.0 Å². The third-order valence-corrected chi connectivity index (χ3v) is 12.6. The molecule has 8 rings (SSSR count). The SMILES string of the molecule is NC(=O)CC1C=CC=CS1(=O)=O.O=C(Nc1cccc(Cl)c1)N(O)c1cccc(-c2ccc(C3=Cc4ccc5c(c4CC3)CCc3ccccc3-5)s2)c1. The fourth-order valence-corrected chi connectivity index (χ4v) is 9.36. The number of benzene rings is 4. The third kappa shape index (κ3) is 8.06. The van der Waals surface area contributed by atoms with Crippen molar-refractivity contribution in [1.82, 2.24) is 0 Å². The number of anilines is 2. The summed E-state index contributed by atoms with van der Waals surface area (Å²) in [5.41, 5.74) is 16.7. The monoisotopic (exact) mass is 761 g/mol. The second kappa shape index (κ2) is 15.4. The number of carbonyl (C=O) groups is 2. The summed E-state index contributed by atoms with van der Waals surface area (Å²) in [6, 6.07) is 31.2. The van der Waals surface area contributed by atoms with Crippen LogP contribution >= 0.6 is 22.9 Å². The van der Waals surface area contributed by atoms with Crippen molar-refractivity contribution >= 4 is 67.7 Å². The molecule has 0 spiro atoms. The molecule has 0 radical (unpaired) electrons. The number of sulfone groups is 1. The van der Waals surface area contributed by atoms with Crippen molar-refractivity contribution in [2.75, 3.05) is 10.4 Å². The van der Waals surface area contributed by atoms with E-state index in [1.165, 1.54) is 56.0 Å². The van der Waals surface area contributed by atoms with E-state index < -0.39 is 27.0 Å². The number of carbonyl (C=O) groups excluding carboxylic acids is 2. The van der Waals surface area contributed by atoms with Gasteiger partial charge in [-0.05, 0) is 113 Å². The first-order valence-electron chi connectivity index (χ1n) is 17.1. The van der Waals surface area contributed by atoms with Gasteiger partial charge in [0.25, 0.3) is 0 Å². The zero-order valence-corrected chi connectivity index (χ0v) is 30.9. The minimum absolute atomic E-state index is 0.150. The third-order valence-electron chi connectivity index (χ3n) is 9.49. The molecule has 0 fully saturated rings. The molecule has 5 aromatic rings. The number of urea groups is 1. The number of hydrogen-bond acceptors (Lipinski definition) is 6. The summed E-state index contributed by atoms with van der Waals surface area (Å²) in [7, 11) is -3.29. The number of thiophene rings is 1. The quantitative estimate of drug-likeness (QED) is 0.117. The van der Waals surface area contributed by atoms with Gasteiger partial charge in [0.05, 0.1) is 10.9 Å². The molecule has 4 N–H and O–H groups in total. The molecule has 0 bridgehead atoms. The van der Waals surface area contributed by atoms with E-state index in [1.807, 2.05) is 18.2 Å². The number of hydrogen-bond donors (Lipinski definition) is 3. The van der Waals surface area contributed by atoms with Gasteiger partial charge in [-0.25, -0.2) is 13.2 Å². The normalized spacial score (nSPS) is 16.2. The number of nitrogens with zero attached hydrogens (tertiary/aromatic N) is 1. The molecule has 268 valence electrons. The maximum absolute atomic E-state index is 12.7. The maximum atomic E-state index is 12.7. The van der Waals surface area contributed by atoms with Gasteiger partial charge in [-0.1, -0.05) is 90.5 Å². The van der Waals surface area contributed by atoms with E-state index >= 15 is 0 Å². The summed E-state index contributed by atoms with van der Waals surface area (Å²) >= 11 is 7.75. The van der Waals surface area contributed by atoms with E-state index in [-0.39, 0.29) is 6.42 Å². The molecular weight excluding hydrogens is 726 g/mol. The van der Waals surface area contributed by atoms with Gasteiger partial charge in [0.1, 0.15) is 0 Å². The number of hydroxylamine groups is 1. The lowest BCUT2D eigenvalue weighted by atomic mass is 9.78. The van der Waals surface area contributed by atoms with Gasteiger partial charge in [-0.2, -0.15) is 5.06 Å². The van der Waals surface area contributed by atoms with Crippen LogP contribution in [0.15, 0.2) is 121 Å². The second-order valence-corrected chi connectivity index (χ2v) is 16.5. The summed E-state index contributed by atoms with van der Waals surface area (Å²) in [6.07, 6.45) is 11.0. The number of halogens is 1. The standard InChI is InChI=1S/C35H27ClN2O2S.C7H9NO3S/c36-26-7-4-8-27(21-26)37-35(39)38(40)28-9-3-6-24(20-28)33-17-18-34(41-33)25-13-14-30-23(19-25)12-16-31-29-10-2-1-5-22(29)11-15-32(30)31;8-7(9)5-6-3-1-2-4-12(6,10)11/h1-10,12,16-21,40H,11,13-15H2,(H,37,39);1-4,6H,5H2,(H2,8,9). The van der Waals surface area contributed by atoms with Crippen LogP contribution in [-0.2, 0) is 33.9 Å². The first kappa shape index (κ1) is 36.1. The first-order chi connectivity index (χ1) is 25.6. The Morgan fingerprint density at radius 2 is 1.64 bits per heavy atom. The molecule has 0 saturated heterocycles. The fraction of sp³-hybridized carbons (Fsp3) is 0.143. The van der Waals surface area contributed by atoms with E-state index in [0.29, 0.717) is 21.5 Å². The number of rotatable bonds is 6. The number of allylic oxidation sites excluding steroid dienone is 3. The number of nitrogens with two attached hydrogens (primary N) is 1. The van der Waals surface area contributed by atoms with Gasteiger partial charge >= 0.3 is 6.03 Å².